The molecule has 0 atom stereocenters. The highest BCUT2D eigenvalue weighted by Gasteiger charge is 2.31. The molecule has 2 aromatic carbocycles. The van der Waals surface area contributed by atoms with E-state index in [4.69, 9.17) is 9.26 Å². The van der Waals surface area contributed by atoms with Gasteiger partial charge in [-0.05, 0) is 44.2 Å². The van der Waals surface area contributed by atoms with Gasteiger partial charge in [-0.2, -0.15) is 22.5 Å². The van der Waals surface area contributed by atoms with E-state index in [0.717, 1.165) is 12.1 Å². The van der Waals surface area contributed by atoms with Crippen LogP contribution >= 0.6 is 0 Å². The van der Waals surface area contributed by atoms with E-state index in [2.05, 4.69) is 10.1 Å². The van der Waals surface area contributed by atoms with Crippen LogP contribution in [0.25, 0.3) is 11.4 Å². The lowest BCUT2D eigenvalue weighted by molar-refractivity contribution is -0.137. The summed E-state index contributed by atoms with van der Waals surface area (Å²) in [5, 5.41) is 3.61. The van der Waals surface area contributed by atoms with Gasteiger partial charge >= 0.3 is 12.1 Å². The third kappa shape index (κ3) is 5.57. The zero-order valence-electron chi connectivity index (χ0n) is 17.8. The van der Waals surface area contributed by atoms with Crippen LogP contribution in [0.3, 0.4) is 0 Å². The summed E-state index contributed by atoms with van der Waals surface area (Å²) < 4.78 is 75.1. The second-order valence-corrected chi connectivity index (χ2v) is 9.31. The highest BCUT2D eigenvalue weighted by molar-refractivity contribution is 7.89. The van der Waals surface area contributed by atoms with Crippen molar-refractivity contribution in [1.29, 1.82) is 0 Å². The van der Waals surface area contributed by atoms with Gasteiger partial charge in [0.25, 0.3) is 5.89 Å². The summed E-state index contributed by atoms with van der Waals surface area (Å²) in [6.07, 6.45) is -4.52. The molecule has 1 heterocycles. The molecule has 0 aliphatic carbocycles. The molecule has 0 N–H and O–H groups in total. The van der Waals surface area contributed by atoms with Gasteiger partial charge in [0.05, 0.1) is 16.0 Å². The van der Waals surface area contributed by atoms with Gasteiger partial charge in [-0.3, -0.25) is 0 Å². The molecule has 176 valence electrons. The molecule has 0 saturated heterocycles. The Hall–Kier alpha value is -3.25. The number of ether oxygens (including phenoxy) is 1. The highest BCUT2D eigenvalue weighted by Crippen LogP contribution is 2.31. The second-order valence-electron chi connectivity index (χ2n) is 7.31. The van der Waals surface area contributed by atoms with Crippen molar-refractivity contribution in [3.63, 3.8) is 0 Å². The standard InChI is InChI=1S/C21H20F3N3O5S/c1-13(2)27(3)33(29,30)17-9-5-7-15(11-17)20(28)31-12-18-25-19(26-32-18)14-6-4-8-16(10-14)21(22,23)24/h4-11,13H,12H2,1-3H3. The van der Waals surface area contributed by atoms with Gasteiger partial charge in [0.2, 0.25) is 15.8 Å². The smallest absolute Gasteiger partial charge is 0.416 e. The minimum Gasteiger partial charge on any atom is -0.452 e. The summed E-state index contributed by atoms with van der Waals surface area (Å²) in [6, 6.07) is 9.47. The lowest BCUT2D eigenvalue weighted by Crippen LogP contribution is -2.33. The second kappa shape index (κ2) is 9.32. The number of esters is 1. The Labute approximate surface area is 188 Å². The molecule has 0 unspecified atom stereocenters. The minimum absolute atomic E-state index is 0.00847. The Kier molecular flexibility index (Phi) is 6.89. The summed E-state index contributed by atoms with van der Waals surface area (Å²) >= 11 is 0. The monoisotopic (exact) mass is 483 g/mol. The van der Waals surface area contributed by atoms with Crippen LogP contribution in [0.15, 0.2) is 57.9 Å². The maximum Gasteiger partial charge on any atom is 0.416 e. The van der Waals surface area contributed by atoms with Crippen molar-refractivity contribution < 1.29 is 35.6 Å². The number of carbonyl (C=O) groups is 1. The highest BCUT2D eigenvalue weighted by atomic mass is 32.2. The first kappa shape index (κ1) is 24.4. The van der Waals surface area contributed by atoms with Crippen LogP contribution in [0.5, 0.6) is 0 Å². The van der Waals surface area contributed by atoms with E-state index in [1.54, 1.807) is 13.8 Å². The SMILES string of the molecule is CC(C)N(C)S(=O)(=O)c1cccc(C(=O)OCc2nc(-c3cccc(C(F)(F)F)c3)no2)c1. The fourth-order valence-electron chi connectivity index (χ4n) is 2.70. The molecule has 0 fully saturated rings. The minimum atomic E-state index is -4.52. The van der Waals surface area contributed by atoms with Crippen LogP contribution in [-0.2, 0) is 27.5 Å². The summed E-state index contributed by atoms with van der Waals surface area (Å²) in [4.78, 5) is 16.3. The maximum atomic E-state index is 12.9. The van der Waals surface area contributed by atoms with Gasteiger partial charge in [0.15, 0.2) is 6.61 Å². The molecule has 0 bridgehead atoms. The van der Waals surface area contributed by atoms with Crippen LogP contribution in [0.2, 0.25) is 0 Å². The predicted octanol–water partition coefficient (Wildman–Crippen LogP) is 4.14. The van der Waals surface area contributed by atoms with Gasteiger partial charge in [-0.1, -0.05) is 23.4 Å². The lowest BCUT2D eigenvalue weighted by Gasteiger charge is -2.21. The topological polar surface area (TPSA) is 103 Å². The van der Waals surface area contributed by atoms with Crippen LogP contribution in [-0.4, -0.2) is 41.9 Å². The number of carbonyl (C=O) groups excluding carboxylic acids is 1. The predicted molar refractivity (Wildman–Crippen MR) is 110 cm³/mol. The molecule has 3 aromatic rings. The van der Waals surface area contributed by atoms with Gasteiger partial charge in [-0.25, -0.2) is 13.2 Å². The van der Waals surface area contributed by atoms with Crippen molar-refractivity contribution in [3.8, 4) is 11.4 Å². The van der Waals surface area contributed by atoms with Crippen LogP contribution < -0.4 is 0 Å². The number of nitrogens with zero attached hydrogens (tertiary/aromatic N) is 3. The fraction of sp³-hybridized carbons (Fsp3) is 0.286. The van der Waals surface area contributed by atoms with Gasteiger partial charge < -0.3 is 9.26 Å². The van der Waals surface area contributed by atoms with Crippen molar-refractivity contribution in [1.82, 2.24) is 14.4 Å². The molecule has 1 aromatic heterocycles. The first-order chi connectivity index (χ1) is 15.4. The number of benzene rings is 2. The fourth-order valence-corrected chi connectivity index (χ4v) is 4.12. The molecular weight excluding hydrogens is 463 g/mol. The normalized spacial score (nSPS) is 12.4. The number of rotatable bonds is 7. The molecule has 0 aliphatic heterocycles. The number of hydrogen-bond donors (Lipinski definition) is 0. The van der Waals surface area contributed by atoms with E-state index in [-0.39, 0.29) is 33.8 Å². The molecule has 0 aliphatic rings. The van der Waals surface area contributed by atoms with Gasteiger partial charge in [0.1, 0.15) is 0 Å². The Morgan fingerprint density at radius 1 is 1.15 bits per heavy atom. The van der Waals surface area contributed by atoms with Crippen molar-refractivity contribution in [2.45, 2.75) is 37.6 Å². The molecule has 3 rings (SSSR count). The first-order valence-corrected chi connectivity index (χ1v) is 11.1. The van der Waals surface area contributed by atoms with E-state index in [1.165, 1.54) is 47.8 Å². The largest absolute Gasteiger partial charge is 0.452 e. The average Bonchev–Trinajstić information content (AvgIpc) is 3.25. The van der Waals surface area contributed by atoms with Crippen molar-refractivity contribution in [2.24, 2.45) is 0 Å². The Balaban J connectivity index is 1.71. The van der Waals surface area contributed by atoms with Crippen molar-refractivity contribution in [3.05, 3.63) is 65.5 Å². The third-order valence-electron chi connectivity index (χ3n) is 4.72. The molecular formula is C21H20F3N3O5S. The Bertz CT molecular complexity index is 1260. The van der Waals surface area contributed by atoms with E-state index < -0.39 is 34.3 Å². The summed E-state index contributed by atoms with van der Waals surface area (Å²) in [5.74, 6) is -1.07. The molecule has 33 heavy (non-hydrogen) atoms. The molecule has 8 nitrogen and oxygen atoms in total. The van der Waals surface area contributed by atoms with Gasteiger partial charge in [0, 0.05) is 18.7 Å². The van der Waals surface area contributed by atoms with Crippen LogP contribution in [0, 0.1) is 0 Å². The molecule has 12 heteroatoms. The van der Waals surface area contributed by atoms with E-state index in [1.807, 2.05) is 0 Å². The third-order valence-corrected chi connectivity index (χ3v) is 6.75. The maximum absolute atomic E-state index is 12.9. The zero-order valence-corrected chi connectivity index (χ0v) is 18.6. The number of halogens is 3. The van der Waals surface area contributed by atoms with E-state index >= 15 is 0 Å². The number of hydrogen-bond acceptors (Lipinski definition) is 7. The van der Waals surface area contributed by atoms with Crippen molar-refractivity contribution in [2.75, 3.05) is 7.05 Å². The summed E-state index contributed by atoms with van der Waals surface area (Å²) in [7, 11) is -2.37. The van der Waals surface area contributed by atoms with Gasteiger partial charge in [-0.15, -0.1) is 0 Å². The number of sulfonamides is 1. The number of alkyl halides is 3. The molecule has 0 spiro atoms. The molecule has 0 amide bonds. The molecule has 0 radical (unpaired) electrons. The molecule has 0 saturated carbocycles. The Morgan fingerprint density at radius 2 is 1.85 bits per heavy atom. The van der Waals surface area contributed by atoms with E-state index in [0.29, 0.717) is 0 Å². The average molecular weight is 483 g/mol. The van der Waals surface area contributed by atoms with Crippen molar-refractivity contribution >= 4 is 16.0 Å². The Morgan fingerprint density at radius 3 is 2.52 bits per heavy atom. The zero-order chi connectivity index (χ0) is 24.4. The quantitative estimate of drug-likeness (QED) is 0.466. The first-order valence-electron chi connectivity index (χ1n) is 9.65. The van der Waals surface area contributed by atoms with Crippen LogP contribution in [0.4, 0.5) is 13.2 Å². The number of aromatic nitrogens is 2. The summed E-state index contributed by atoms with van der Waals surface area (Å²) in [6.45, 7) is 2.98. The lowest BCUT2D eigenvalue weighted by atomic mass is 10.1. The summed E-state index contributed by atoms with van der Waals surface area (Å²) in [5.41, 5.74) is -0.792. The van der Waals surface area contributed by atoms with E-state index in [9.17, 15) is 26.4 Å². The van der Waals surface area contributed by atoms with Crippen LogP contribution in [0.1, 0.15) is 35.7 Å².